The molecule has 0 saturated carbocycles. The van der Waals surface area contributed by atoms with Crippen LogP contribution in [0.15, 0.2) is 0 Å². The molecule has 0 aliphatic heterocycles. The Hall–Kier alpha value is -0.610. The summed E-state index contributed by atoms with van der Waals surface area (Å²) >= 11 is 0. The van der Waals surface area contributed by atoms with Gasteiger partial charge in [0.25, 0.3) is 0 Å². The highest BCUT2D eigenvalue weighted by Gasteiger charge is 2.20. The molecule has 102 valence electrons. The fraction of sp³-hybridized carbons (Fsp3) is 0.923. The van der Waals surface area contributed by atoms with Crippen LogP contribution in [0.5, 0.6) is 0 Å². The minimum absolute atomic E-state index is 0.00437. The summed E-state index contributed by atoms with van der Waals surface area (Å²) < 4.78 is 0. The Balaban J connectivity index is 4.02. The number of carbonyl (C=O) groups is 1. The van der Waals surface area contributed by atoms with Crippen LogP contribution in [0.2, 0.25) is 0 Å². The van der Waals surface area contributed by atoms with Crippen LogP contribution in [0, 0.1) is 11.3 Å². The maximum atomic E-state index is 11.7. The lowest BCUT2D eigenvalue weighted by atomic mass is 9.84. The summed E-state index contributed by atoms with van der Waals surface area (Å²) in [5.41, 5.74) is 5.64. The molecule has 0 aliphatic carbocycles. The molecule has 4 N–H and O–H groups in total. The monoisotopic (exact) mass is 244 g/mol. The number of aliphatic hydroxyl groups excluding tert-OH is 1. The molecular formula is C13H28N2O2. The number of rotatable bonds is 8. The summed E-state index contributed by atoms with van der Waals surface area (Å²) in [4.78, 5) is 11.7. The standard InChI is InChI=1S/C13H28N2O2/c1-10(2)11(9-16)15-12(17)5-6-13(3,4)7-8-14/h10-11,16H,5-9,14H2,1-4H3,(H,15,17). The molecule has 4 heteroatoms. The molecule has 0 bridgehead atoms. The lowest BCUT2D eigenvalue weighted by Gasteiger charge is -2.25. The second-order valence-corrected chi connectivity index (χ2v) is 5.80. The van der Waals surface area contributed by atoms with Gasteiger partial charge in [-0.15, -0.1) is 0 Å². The molecule has 0 fully saturated rings. The lowest BCUT2D eigenvalue weighted by molar-refractivity contribution is -0.123. The third-order valence-electron chi connectivity index (χ3n) is 3.20. The molecule has 0 rings (SSSR count). The summed E-state index contributed by atoms with van der Waals surface area (Å²) in [6.07, 6.45) is 2.25. The summed E-state index contributed by atoms with van der Waals surface area (Å²) in [7, 11) is 0. The second kappa shape index (κ2) is 7.67. The molecule has 0 aromatic heterocycles. The van der Waals surface area contributed by atoms with Crippen LogP contribution < -0.4 is 11.1 Å². The zero-order valence-electron chi connectivity index (χ0n) is 11.6. The van der Waals surface area contributed by atoms with E-state index in [1.54, 1.807) is 0 Å². The highest BCUT2D eigenvalue weighted by atomic mass is 16.3. The van der Waals surface area contributed by atoms with Crippen LogP contribution in [-0.4, -0.2) is 30.2 Å². The molecule has 0 aliphatic rings. The van der Waals surface area contributed by atoms with Gasteiger partial charge in [-0.05, 0) is 30.7 Å². The van der Waals surface area contributed by atoms with E-state index < -0.39 is 0 Å². The van der Waals surface area contributed by atoms with E-state index in [1.165, 1.54) is 0 Å². The lowest BCUT2D eigenvalue weighted by Crippen LogP contribution is -2.41. The first-order valence-corrected chi connectivity index (χ1v) is 6.42. The van der Waals surface area contributed by atoms with Gasteiger partial charge >= 0.3 is 0 Å². The van der Waals surface area contributed by atoms with E-state index in [2.05, 4.69) is 19.2 Å². The van der Waals surface area contributed by atoms with Gasteiger partial charge in [-0.1, -0.05) is 27.7 Å². The topological polar surface area (TPSA) is 75.3 Å². The van der Waals surface area contributed by atoms with Crippen molar-refractivity contribution in [3.63, 3.8) is 0 Å². The zero-order valence-corrected chi connectivity index (χ0v) is 11.6. The number of nitrogens with one attached hydrogen (secondary N) is 1. The minimum atomic E-state index is -0.139. The Morgan fingerprint density at radius 1 is 1.35 bits per heavy atom. The van der Waals surface area contributed by atoms with Crippen LogP contribution >= 0.6 is 0 Å². The Bertz CT molecular complexity index is 227. The molecule has 4 nitrogen and oxygen atoms in total. The molecular weight excluding hydrogens is 216 g/mol. The van der Waals surface area contributed by atoms with Crippen molar-refractivity contribution in [2.24, 2.45) is 17.1 Å². The van der Waals surface area contributed by atoms with Crippen molar-refractivity contribution < 1.29 is 9.90 Å². The maximum Gasteiger partial charge on any atom is 0.220 e. The Labute approximate surface area is 105 Å². The molecule has 0 heterocycles. The highest BCUT2D eigenvalue weighted by molar-refractivity contribution is 5.76. The zero-order chi connectivity index (χ0) is 13.5. The summed E-state index contributed by atoms with van der Waals surface area (Å²) in [5, 5.41) is 12.0. The van der Waals surface area contributed by atoms with Gasteiger partial charge in [-0.2, -0.15) is 0 Å². The van der Waals surface area contributed by atoms with Crippen molar-refractivity contribution in [3.8, 4) is 0 Å². The van der Waals surface area contributed by atoms with E-state index >= 15 is 0 Å². The van der Waals surface area contributed by atoms with Gasteiger partial charge in [0.05, 0.1) is 12.6 Å². The van der Waals surface area contributed by atoms with Crippen molar-refractivity contribution in [2.45, 2.75) is 53.0 Å². The third-order valence-corrected chi connectivity index (χ3v) is 3.20. The van der Waals surface area contributed by atoms with Gasteiger partial charge in [-0.3, -0.25) is 4.79 Å². The predicted octanol–water partition coefficient (Wildman–Crippen LogP) is 1.27. The predicted molar refractivity (Wildman–Crippen MR) is 70.5 cm³/mol. The minimum Gasteiger partial charge on any atom is -0.394 e. The van der Waals surface area contributed by atoms with Gasteiger partial charge in [0.15, 0.2) is 0 Å². The first kappa shape index (κ1) is 16.4. The van der Waals surface area contributed by atoms with Gasteiger partial charge in [-0.25, -0.2) is 0 Å². The van der Waals surface area contributed by atoms with Crippen molar-refractivity contribution in [1.82, 2.24) is 5.32 Å². The van der Waals surface area contributed by atoms with Crippen LogP contribution in [0.4, 0.5) is 0 Å². The van der Waals surface area contributed by atoms with E-state index in [4.69, 9.17) is 10.8 Å². The molecule has 1 amide bonds. The number of carbonyl (C=O) groups excluding carboxylic acids is 1. The summed E-state index contributed by atoms with van der Waals surface area (Å²) in [6.45, 7) is 8.87. The van der Waals surface area contributed by atoms with Gasteiger partial charge in [0, 0.05) is 6.42 Å². The van der Waals surface area contributed by atoms with E-state index in [0.717, 1.165) is 12.8 Å². The Kier molecular flexibility index (Phi) is 7.39. The summed E-state index contributed by atoms with van der Waals surface area (Å²) in [6, 6.07) is -0.139. The average Bonchev–Trinajstić information content (AvgIpc) is 2.22. The Morgan fingerprint density at radius 2 is 1.94 bits per heavy atom. The number of hydrogen-bond donors (Lipinski definition) is 3. The molecule has 0 radical (unpaired) electrons. The molecule has 0 aromatic rings. The van der Waals surface area contributed by atoms with Crippen LogP contribution in [0.3, 0.4) is 0 Å². The van der Waals surface area contributed by atoms with Crippen molar-refractivity contribution in [2.75, 3.05) is 13.2 Å². The molecule has 1 unspecified atom stereocenters. The Morgan fingerprint density at radius 3 is 2.35 bits per heavy atom. The largest absolute Gasteiger partial charge is 0.394 e. The van der Waals surface area contributed by atoms with Crippen LogP contribution in [-0.2, 0) is 4.79 Å². The SMILES string of the molecule is CC(C)C(CO)NC(=O)CCC(C)(C)CCN. The number of amides is 1. The number of nitrogens with two attached hydrogens (primary N) is 1. The highest BCUT2D eigenvalue weighted by Crippen LogP contribution is 2.25. The van der Waals surface area contributed by atoms with Crippen LogP contribution in [0.1, 0.15) is 47.0 Å². The van der Waals surface area contributed by atoms with E-state index in [0.29, 0.717) is 13.0 Å². The maximum absolute atomic E-state index is 11.7. The van der Waals surface area contributed by atoms with Gasteiger partial charge in [0.1, 0.15) is 0 Å². The van der Waals surface area contributed by atoms with E-state index in [1.807, 2.05) is 13.8 Å². The first-order chi connectivity index (χ1) is 7.82. The summed E-state index contributed by atoms with van der Waals surface area (Å²) in [5.74, 6) is 0.267. The number of aliphatic hydroxyl groups is 1. The smallest absolute Gasteiger partial charge is 0.220 e. The third kappa shape index (κ3) is 7.34. The van der Waals surface area contributed by atoms with Gasteiger partial charge in [0.2, 0.25) is 5.91 Å². The van der Waals surface area contributed by atoms with Crippen molar-refractivity contribution >= 4 is 5.91 Å². The number of hydrogen-bond acceptors (Lipinski definition) is 3. The van der Waals surface area contributed by atoms with E-state index in [9.17, 15) is 4.79 Å². The first-order valence-electron chi connectivity index (χ1n) is 6.42. The fourth-order valence-electron chi connectivity index (χ4n) is 1.67. The molecule has 17 heavy (non-hydrogen) atoms. The fourth-order valence-corrected chi connectivity index (χ4v) is 1.67. The normalized spacial score (nSPS) is 13.8. The molecule has 0 saturated heterocycles. The molecule has 1 atom stereocenters. The average molecular weight is 244 g/mol. The molecule has 0 spiro atoms. The van der Waals surface area contributed by atoms with Gasteiger partial charge < -0.3 is 16.2 Å². The second-order valence-electron chi connectivity index (χ2n) is 5.80. The van der Waals surface area contributed by atoms with Crippen molar-refractivity contribution in [1.29, 1.82) is 0 Å². The molecule has 0 aromatic carbocycles. The van der Waals surface area contributed by atoms with E-state index in [-0.39, 0.29) is 29.9 Å². The quantitative estimate of drug-likeness (QED) is 0.602. The van der Waals surface area contributed by atoms with Crippen molar-refractivity contribution in [3.05, 3.63) is 0 Å². The van der Waals surface area contributed by atoms with Crippen LogP contribution in [0.25, 0.3) is 0 Å².